The van der Waals surface area contributed by atoms with Gasteiger partial charge in [-0.25, -0.2) is 18.2 Å². The van der Waals surface area contributed by atoms with Crippen LogP contribution in [0.25, 0.3) is 0 Å². The summed E-state index contributed by atoms with van der Waals surface area (Å²) in [5.41, 5.74) is 0.611. The van der Waals surface area contributed by atoms with Gasteiger partial charge in [-0.2, -0.15) is 0 Å². The molecule has 0 saturated heterocycles. The quantitative estimate of drug-likeness (QED) is 0.669. The highest BCUT2D eigenvalue weighted by atomic mass is 32.1. The number of ether oxygens (including phenoxy) is 1. The molecule has 26 heavy (non-hydrogen) atoms. The van der Waals surface area contributed by atoms with E-state index in [1.54, 1.807) is 7.11 Å². The van der Waals surface area contributed by atoms with Crippen molar-refractivity contribution in [2.24, 2.45) is 0 Å². The number of carbonyl (C=O) groups is 1. The maximum Gasteiger partial charge on any atom is 0.275 e. The Balaban J connectivity index is 1.70. The number of thiazole rings is 1. The molecule has 1 N–H and O–H groups in total. The summed E-state index contributed by atoms with van der Waals surface area (Å²) in [6.45, 7) is 0. The lowest BCUT2D eigenvalue weighted by Gasteiger charge is -2.05. The number of hydrogen-bond acceptors (Lipinski definition) is 4. The number of anilines is 1. The van der Waals surface area contributed by atoms with E-state index in [2.05, 4.69) is 10.3 Å². The van der Waals surface area contributed by atoms with Crippen LogP contribution in [0.15, 0.2) is 41.8 Å². The SMILES string of the molecule is COc1ccc(Cc2nc(C(=O)Nc3ccc(F)c(F)c3F)cs2)cc1. The number of amides is 1. The van der Waals surface area contributed by atoms with Gasteiger partial charge in [0.1, 0.15) is 11.4 Å². The zero-order chi connectivity index (χ0) is 18.7. The highest BCUT2D eigenvalue weighted by molar-refractivity contribution is 7.09. The lowest BCUT2D eigenvalue weighted by atomic mass is 10.1. The molecule has 0 aliphatic carbocycles. The van der Waals surface area contributed by atoms with Gasteiger partial charge in [0, 0.05) is 11.8 Å². The van der Waals surface area contributed by atoms with E-state index in [4.69, 9.17) is 4.74 Å². The van der Waals surface area contributed by atoms with E-state index >= 15 is 0 Å². The molecule has 8 heteroatoms. The summed E-state index contributed by atoms with van der Waals surface area (Å²) in [7, 11) is 1.58. The number of hydrogen-bond donors (Lipinski definition) is 1. The zero-order valence-electron chi connectivity index (χ0n) is 13.6. The van der Waals surface area contributed by atoms with Crippen LogP contribution in [0.2, 0.25) is 0 Å². The molecule has 0 unspecified atom stereocenters. The van der Waals surface area contributed by atoms with Crippen molar-refractivity contribution in [3.63, 3.8) is 0 Å². The third kappa shape index (κ3) is 3.85. The lowest BCUT2D eigenvalue weighted by molar-refractivity contribution is 0.102. The molecular formula is C18H13F3N2O2S. The smallest absolute Gasteiger partial charge is 0.275 e. The van der Waals surface area contributed by atoms with Gasteiger partial charge in [0.25, 0.3) is 5.91 Å². The molecule has 0 fully saturated rings. The molecule has 3 aromatic rings. The monoisotopic (exact) mass is 378 g/mol. The average Bonchev–Trinajstić information content (AvgIpc) is 3.11. The van der Waals surface area contributed by atoms with Crippen molar-refractivity contribution >= 4 is 22.9 Å². The van der Waals surface area contributed by atoms with Crippen LogP contribution in [0.5, 0.6) is 5.75 Å². The molecular weight excluding hydrogens is 365 g/mol. The van der Waals surface area contributed by atoms with Crippen molar-refractivity contribution < 1.29 is 22.7 Å². The molecule has 0 bridgehead atoms. The molecule has 0 aliphatic heterocycles. The fraction of sp³-hybridized carbons (Fsp3) is 0.111. The van der Waals surface area contributed by atoms with Gasteiger partial charge in [-0.05, 0) is 29.8 Å². The molecule has 134 valence electrons. The highest BCUT2D eigenvalue weighted by Crippen LogP contribution is 2.22. The number of rotatable bonds is 5. The summed E-state index contributed by atoms with van der Waals surface area (Å²) in [5.74, 6) is -4.38. The van der Waals surface area contributed by atoms with E-state index in [1.165, 1.54) is 16.7 Å². The topological polar surface area (TPSA) is 51.2 Å². The van der Waals surface area contributed by atoms with Crippen molar-refractivity contribution in [3.05, 3.63) is 75.5 Å². The Morgan fingerprint density at radius 3 is 2.54 bits per heavy atom. The fourth-order valence-corrected chi connectivity index (χ4v) is 3.03. The van der Waals surface area contributed by atoms with Gasteiger partial charge >= 0.3 is 0 Å². The second kappa shape index (κ2) is 7.57. The largest absolute Gasteiger partial charge is 0.497 e. The Morgan fingerprint density at radius 1 is 1.12 bits per heavy atom. The van der Waals surface area contributed by atoms with Crippen molar-refractivity contribution in [1.82, 2.24) is 4.98 Å². The van der Waals surface area contributed by atoms with Crippen LogP contribution in [-0.4, -0.2) is 18.0 Å². The van der Waals surface area contributed by atoms with E-state index in [9.17, 15) is 18.0 Å². The molecule has 3 rings (SSSR count). The third-order valence-corrected chi connectivity index (χ3v) is 4.43. The van der Waals surface area contributed by atoms with Gasteiger partial charge < -0.3 is 10.1 Å². The molecule has 1 aromatic heterocycles. The van der Waals surface area contributed by atoms with Crippen molar-refractivity contribution in [2.75, 3.05) is 12.4 Å². The van der Waals surface area contributed by atoms with Gasteiger partial charge in [0.2, 0.25) is 0 Å². The maximum atomic E-state index is 13.6. The second-order valence-corrected chi connectivity index (χ2v) is 6.27. The van der Waals surface area contributed by atoms with Crippen LogP contribution in [0.4, 0.5) is 18.9 Å². The van der Waals surface area contributed by atoms with Gasteiger partial charge in [-0.3, -0.25) is 4.79 Å². The molecule has 1 heterocycles. The third-order valence-electron chi connectivity index (χ3n) is 3.58. The van der Waals surface area contributed by atoms with Crippen LogP contribution in [0.1, 0.15) is 21.1 Å². The first-order valence-electron chi connectivity index (χ1n) is 7.50. The summed E-state index contributed by atoms with van der Waals surface area (Å²) in [6, 6.07) is 9.11. The maximum absolute atomic E-state index is 13.6. The molecule has 0 saturated carbocycles. The first-order chi connectivity index (χ1) is 12.5. The Hall–Kier alpha value is -2.87. The summed E-state index contributed by atoms with van der Waals surface area (Å²) >= 11 is 1.27. The second-order valence-electron chi connectivity index (χ2n) is 5.33. The van der Waals surface area contributed by atoms with E-state index < -0.39 is 29.0 Å². The molecule has 1 amide bonds. The summed E-state index contributed by atoms with van der Waals surface area (Å²) in [5, 5.41) is 4.40. The summed E-state index contributed by atoms with van der Waals surface area (Å²) in [6.07, 6.45) is 0.515. The number of nitrogens with one attached hydrogen (secondary N) is 1. The Kier molecular flexibility index (Phi) is 5.22. The fourth-order valence-electron chi connectivity index (χ4n) is 2.22. The number of methoxy groups -OCH3 is 1. The zero-order valence-corrected chi connectivity index (χ0v) is 14.4. The molecule has 2 aromatic carbocycles. The average molecular weight is 378 g/mol. The number of aromatic nitrogens is 1. The molecule has 0 spiro atoms. The number of nitrogens with zero attached hydrogens (tertiary/aromatic N) is 1. The van der Waals surface area contributed by atoms with E-state index in [0.717, 1.165) is 23.4 Å². The van der Waals surface area contributed by atoms with Crippen LogP contribution in [0.3, 0.4) is 0 Å². The number of benzene rings is 2. The van der Waals surface area contributed by atoms with Gasteiger partial charge in [0.15, 0.2) is 17.5 Å². The van der Waals surface area contributed by atoms with Crippen molar-refractivity contribution in [3.8, 4) is 5.75 Å². The minimum Gasteiger partial charge on any atom is -0.497 e. The number of halogens is 3. The van der Waals surface area contributed by atoms with Crippen LogP contribution in [0, 0.1) is 17.5 Å². The molecule has 0 aliphatic rings. The van der Waals surface area contributed by atoms with Gasteiger partial charge in [-0.15, -0.1) is 11.3 Å². The minimum atomic E-state index is -1.64. The molecule has 0 atom stereocenters. The van der Waals surface area contributed by atoms with Crippen LogP contribution >= 0.6 is 11.3 Å². The molecule has 0 radical (unpaired) electrons. The van der Waals surface area contributed by atoms with Crippen molar-refractivity contribution in [2.45, 2.75) is 6.42 Å². The Morgan fingerprint density at radius 2 is 1.85 bits per heavy atom. The van der Waals surface area contributed by atoms with E-state index in [-0.39, 0.29) is 5.69 Å². The van der Waals surface area contributed by atoms with Crippen LogP contribution in [-0.2, 0) is 6.42 Å². The Bertz CT molecular complexity index is 942. The summed E-state index contributed by atoms with van der Waals surface area (Å²) < 4.78 is 44.9. The first-order valence-corrected chi connectivity index (χ1v) is 8.38. The predicted octanol–water partition coefficient (Wildman–Crippen LogP) is 4.41. The van der Waals surface area contributed by atoms with Gasteiger partial charge in [-0.1, -0.05) is 12.1 Å². The van der Waals surface area contributed by atoms with E-state index in [1.807, 2.05) is 24.3 Å². The van der Waals surface area contributed by atoms with Crippen LogP contribution < -0.4 is 10.1 Å². The molecule has 4 nitrogen and oxygen atoms in total. The highest BCUT2D eigenvalue weighted by Gasteiger charge is 2.17. The van der Waals surface area contributed by atoms with E-state index in [0.29, 0.717) is 11.4 Å². The van der Waals surface area contributed by atoms with Crippen molar-refractivity contribution in [1.29, 1.82) is 0 Å². The Labute approximate surface area is 151 Å². The summed E-state index contributed by atoms with van der Waals surface area (Å²) in [4.78, 5) is 16.3. The van der Waals surface area contributed by atoms with Gasteiger partial charge in [0.05, 0.1) is 17.8 Å². The minimum absolute atomic E-state index is 0.0719. The predicted molar refractivity (Wildman–Crippen MR) is 92.2 cm³/mol. The normalized spacial score (nSPS) is 10.6. The standard InChI is InChI=1S/C18H13F3N2O2S/c1-25-11-4-2-10(3-5-11)8-15-22-14(9-26-15)18(24)23-13-7-6-12(19)16(20)17(13)21/h2-7,9H,8H2,1H3,(H,23,24). The first kappa shape index (κ1) is 17.9. The lowest BCUT2D eigenvalue weighted by Crippen LogP contribution is -2.14. The number of carbonyl (C=O) groups excluding carboxylic acids is 1.